The normalized spacial score (nSPS) is 11.4. The van der Waals surface area contributed by atoms with Gasteiger partial charge in [-0.15, -0.1) is 0 Å². The number of furan rings is 1. The van der Waals surface area contributed by atoms with Crippen LogP contribution in [0.3, 0.4) is 0 Å². The third-order valence-corrected chi connectivity index (χ3v) is 3.96. The topological polar surface area (TPSA) is 77.8 Å². The summed E-state index contributed by atoms with van der Waals surface area (Å²) in [5, 5.41) is 2.68. The average molecular weight is 379 g/mol. The smallest absolute Gasteiger partial charge is 0.329 e. The number of carbonyl (C=O) groups excluding carboxylic acids is 2. The first kappa shape index (κ1) is 19.2. The summed E-state index contributed by atoms with van der Waals surface area (Å²) in [6.45, 7) is 0.301. The summed E-state index contributed by atoms with van der Waals surface area (Å²) in [4.78, 5) is 24.8. The van der Waals surface area contributed by atoms with E-state index in [-0.39, 0.29) is 19.0 Å². The van der Waals surface area contributed by atoms with Crippen molar-refractivity contribution in [1.82, 2.24) is 5.32 Å². The maximum atomic E-state index is 12.5. The molecule has 0 saturated carbocycles. The highest BCUT2D eigenvalue weighted by Gasteiger charge is 2.24. The number of benzene rings is 2. The van der Waals surface area contributed by atoms with E-state index >= 15 is 0 Å². The van der Waals surface area contributed by atoms with Crippen LogP contribution in [-0.2, 0) is 16.0 Å². The molecule has 1 heterocycles. The molecule has 1 unspecified atom stereocenters. The highest BCUT2D eigenvalue weighted by molar-refractivity contribution is 5.94. The zero-order chi connectivity index (χ0) is 19.6. The molecule has 6 heteroatoms. The Hall–Kier alpha value is -3.54. The van der Waals surface area contributed by atoms with Gasteiger partial charge in [-0.05, 0) is 29.8 Å². The second kappa shape index (κ2) is 9.97. The Balaban J connectivity index is 1.56. The van der Waals surface area contributed by atoms with Crippen molar-refractivity contribution >= 4 is 11.9 Å². The highest BCUT2D eigenvalue weighted by Crippen LogP contribution is 2.09. The zero-order valence-corrected chi connectivity index (χ0v) is 15.2. The fraction of sp³-hybridized carbons (Fsp3) is 0.182. The van der Waals surface area contributed by atoms with Gasteiger partial charge >= 0.3 is 5.97 Å². The van der Waals surface area contributed by atoms with Crippen LogP contribution in [0.2, 0.25) is 0 Å². The lowest BCUT2D eigenvalue weighted by Gasteiger charge is -2.17. The van der Waals surface area contributed by atoms with E-state index in [1.807, 2.05) is 60.7 Å². The second-order valence-corrected chi connectivity index (χ2v) is 6.02. The highest BCUT2D eigenvalue weighted by atomic mass is 16.6. The molecule has 0 aliphatic rings. The van der Waals surface area contributed by atoms with Crippen molar-refractivity contribution in [3.05, 3.63) is 90.4 Å². The molecule has 3 aromatic rings. The molecule has 0 saturated heterocycles. The van der Waals surface area contributed by atoms with Gasteiger partial charge in [0, 0.05) is 6.42 Å². The Kier molecular flexibility index (Phi) is 6.84. The fourth-order valence-corrected chi connectivity index (χ4v) is 2.60. The summed E-state index contributed by atoms with van der Waals surface area (Å²) in [7, 11) is 0. The van der Waals surface area contributed by atoms with Gasteiger partial charge in [-0.2, -0.15) is 0 Å². The lowest BCUT2D eigenvalue weighted by Crippen LogP contribution is -2.43. The molecule has 0 aliphatic carbocycles. The SMILES string of the molecule is O=C(NC(Cc1ccccc1)C(=O)OCCOc1ccccc1)c1ccco1. The molecule has 0 aliphatic heterocycles. The van der Waals surface area contributed by atoms with Crippen molar-refractivity contribution in [2.45, 2.75) is 12.5 Å². The van der Waals surface area contributed by atoms with Crippen LogP contribution in [-0.4, -0.2) is 31.1 Å². The Morgan fingerprint density at radius 3 is 2.29 bits per heavy atom. The van der Waals surface area contributed by atoms with Crippen LogP contribution >= 0.6 is 0 Å². The number of nitrogens with one attached hydrogen (secondary N) is 1. The van der Waals surface area contributed by atoms with E-state index in [0.717, 1.165) is 5.56 Å². The monoisotopic (exact) mass is 379 g/mol. The lowest BCUT2D eigenvalue weighted by atomic mass is 10.1. The first-order chi connectivity index (χ1) is 13.7. The number of ether oxygens (including phenoxy) is 2. The molecule has 3 rings (SSSR count). The maximum absolute atomic E-state index is 12.5. The first-order valence-corrected chi connectivity index (χ1v) is 8.95. The van der Waals surface area contributed by atoms with Crippen LogP contribution in [0.1, 0.15) is 16.1 Å². The number of amides is 1. The third kappa shape index (κ3) is 5.74. The van der Waals surface area contributed by atoms with Gasteiger partial charge in [0.15, 0.2) is 5.76 Å². The van der Waals surface area contributed by atoms with E-state index in [4.69, 9.17) is 13.9 Å². The summed E-state index contributed by atoms with van der Waals surface area (Å²) in [6, 6.07) is 21.0. The third-order valence-electron chi connectivity index (χ3n) is 3.96. The van der Waals surface area contributed by atoms with Gasteiger partial charge < -0.3 is 19.2 Å². The zero-order valence-electron chi connectivity index (χ0n) is 15.2. The minimum atomic E-state index is -0.836. The van der Waals surface area contributed by atoms with Crippen molar-refractivity contribution in [1.29, 1.82) is 0 Å². The summed E-state index contributed by atoms with van der Waals surface area (Å²) in [5.41, 5.74) is 0.907. The number of rotatable bonds is 9. The van der Waals surface area contributed by atoms with Crippen molar-refractivity contribution in [2.75, 3.05) is 13.2 Å². The first-order valence-electron chi connectivity index (χ1n) is 8.95. The Bertz CT molecular complexity index is 862. The molecule has 0 fully saturated rings. The molecule has 1 atom stereocenters. The van der Waals surface area contributed by atoms with Crippen LogP contribution < -0.4 is 10.1 Å². The van der Waals surface area contributed by atoms with Gasteiger partial charge in [0.1, 0.15) is 25.0 Å². The fourth-order valence-electron chi connectivity index (χ4n) is 2.60. The predicted molar refractivity (Wildman–Crippen MR) is 103 cm³/mol. The summed E-state index contributed by atoms with van der Waals surface area (Å²) in [6.07, 6.45) is 1.71. The molecule has 1 amide bonds. The van der Waals surface area contributed by atoms with Crippen LogP contribution in [0.5, 0.6) is 5.75 Å². The molecule has 0 radical (unpaired) electrons. The molecule has 6 nitrogen and oxygen atoms in total. The summed E-state index contributed by atoms with van der Waals surface area (Å²) < 4.78 is 15.9. The number of carbonyl (C=O) groups is 2. The van der Waals surface area contributed by atoms with Gasteiger partial charge in [0.2, 0.25) is 0 Å². The van der Waals surface area contributed by atoms with Crippen LogP contribution in [0, 0.1) is 0 Å². The molecule has 0 bridgehead atoms. The number of esters is 1. The summed E-state index contributed by atoms with van der Waals surface area (Å²) >= 11 is 0. The van der Waals surface area contributed by atoms with Crippen LogP contribution in [0.15, 0.2) is 83.5 Å². The number of hydrogen-bond donors (Lipinski definition) is 1. The number of hydrogen-bond acceptors (Lipinski definition) is 5. The largest absolute Gasteiger partial charge is 0.490 e. The van der Waals surface area contributed by atoms with Crippen molar-refractivity contribution in [3.63, 3.8) is 0 Å². The lowest BCUT2D eigenvalue weighted by molar-refractivity contribution is -0.146. The van der Waals surface area contributed by atoms with Gasteiger partial charge in [-0.1, -0.05) is 48.5 Å². The van der Waals surface area contributed by atoms with Crippen LogP contribution in [0.25, 0.3) is 0 Å². The minimum Gasteiger partial charge on any atom is -0.490 e. The molecule has 2 aromatic carbocycles. The molecule has 144 valence electrons. The molecule has 0 spiro atoms. The van der Waals surface area contributed by atoms with E-state index in [9.17, 15) is 9.59 Å². The quantitative estimate of drug-likeness (QED) is 0.456. The molecule has 1 aromatic heterocycles. The van der Waals surface area contributed by atoms with Crippen LogP contribution in [0.4, 0.5) is 0 Å². The molecular formula is C22H21NO5. The van der Waals surface area contributed by atoms with E-state index in [1.54, 1.807) is 6.07 Å². The minimum absolute atomic E-state index is 0.0790. The van der Waals surface area contributed by atoms with Gasteiger partial charge in [0.05, 0.1) is 6.26 Å². The Morgan fingerprint density at radius 1 is 0.893 bits per heavy atom. The van der Waals surface area contributed by atoms with E-state index < -0.39 is 17.9 Å². The van der Waals surface area contributed by atoms with Gasteiger partial charge in [-0.25, -0.2) is 4.79 Å². The second-order valence-electron chi connectivity index (χ2n) is 6.02. The van der Waals surface area contributed by atoms with Crippen molar-refractivity contribution < 1.29 is 23.5 Å². The Labute approximate surface area is 163 Å². The molecule has 1 N–H and O–H groups in total. The summed E-state index contributed by atoms with van der Waals surface area (Å²) in [5.74, 6) is -0.160. The van der Waals surface area contributed by atoms with E-state index in [0.29, 0.717) is 12.2 Å². The van der Waals surface area contributed by atoms with E-state index in [1.165, 1.54) is 12.3 Å². The van der Waals surface area contributed by atoms with Gasteiger partial charge in [-0.3, -0.25) is 4.79 Å². The van der Waals surface area contributed by atoms with Crippen molar-refractivity contribution in [3.8, 4) is 5.75 Å². The van der Waals surface area contributed by atoms with E-state index in [2.05, 4.69) is 5.32 Å². The molecule has 28 heavy (non-hydrogen) atoms. The Morgan fingerprint density at radius 2 is 1.61 bits per heavy atom. The van der Waals surface area contributed by atoms with Gasteiger partial charge in [0.25, 0.3) is 5.91 Å². The van der Waals surface area contributed by atoms with Crippen molar-refractivity contribution in [2.24, 2.45) is 0 Å². The standard InChI is InChI=1S/C22H21NO5/c24-21(20-12-7-13-27-20)23-19(16-17-8-3-1-4-9-17)22(25)28-15-14-26-18-10-5-2-6-11-18/h1-13,19H,14-16H2,(H,23,24). The number of para-hydroxylation sites is 1. The molecular weight excluding hydrogens is 358 g/mol. The predicted octanol–water partition coefficient (Wildman–Crippen LogP) is 3.24. The maximum Gasteiger partial charge on any atom is 0.329 e. The average Bonchev–Trinajstić information content (AvgIpc) is 3.27.